The molecule has 1 atom stereocenters. The lowest BCUT2D eigenvalue weighted by Crippen LogP contribution is -2.23. The van der Waals surface area contributed by atoms with Crippen LogP contribution in [0.5, 0.6) is 0 Å². The average molecular weight is 469 g/mol. The molecular weight excluding hydrogens is 454 g/mol. The van der Waals surface area contributed by atoms with Crippen LogP contribution in [0.4, 0.5) is 8.78 Å². The van der Waals surface area contributed by atoms with Crippen LogP contribution in [0.1, 0.15) is 18.1 Å². The number of aromatic nitrogens is 4. The molecule has 0 radical (unpaired) electrons. The summed E-state index contributed by atoms with van der Waals surface area (Å²) in [6, 6.07) is 13.6. The quantitative estimate of drug-likeness (QED) is 0.246. The maximum atomic E-state index is 14.6. The standard InChI is InChI=1S/C22H14F2N4O2S2/c1-12(19-26-27-20(30-19)18-7-4-10-31-18)32-22-25-16-6-3-2-5-14(16)21(29)28(22)17-9-8-13(23)11-15(17)24/h2-12H,1H3. The first-order valence-corrected chi connectivity index (χ1v) is 11.3. The van der Waals surface area contributed by atoms with Crippen LogP contribution in [0.2, 0.25) is 0 Å². The number of thioether (sulfide) groups is 1. The molecule has 0 aliphatic heterocycles. The number of thiophene rings is 1. The van der Waals surface area contributed by atoms with E-state index in [-0.39, 0.29) is 16.1 Å². The molecule has 10 heteroatoms. The van der Waals surface area contributed by atoms with Crippen LogP contribution in [0.3, 0.4) is 0 Å². The number of hydrogen-bond donors (Lipinski definition) is 0. The van der Waals surface area contributed by atoms with Crippen molar-refractivity contribution in [2.75, 3.05) is 0 Å². The monoisotopic (exact) mass is 468 g/mol. The molecule has 3 heterocycles. The van der Waals surface area contributed by atoms with Crippen molar-refractivity contribution in [1.29, 1.82) is 0 Å². The molecule has 3 aromatic heterocycles. The highest BCUT2D eigenvalue weighted by Crippen LogP contribution is 2.36. The van der Waals surface area contributed by atoms with Gasteiger partial charge in [-0.1, -0.05) is 30.0 Å². The van der Waals surface area contributed by atoms with Crippen LogP contribution in [0.25, 0.3) is 27.4 Å². The first-order valence-electron chi connectivity index (χ1n) is 9.52. The van der Waals surface area contributed by atoms with Crippen LogP contribution >= 0.6 is 23.1 Å². The van der Waals surface area contributed by atoms with Gasteiger partial charge >= 0.3 is 0 Å². The summed E-state index contributed by atoms with van der Waals surface area (Å²) in [5.74, 6) is -0.859. The minimum atomic E-state index is -0.864. The minimum absolute atomic E-state index is 0.0887. The molecule has 0 amide bonds. The fourth-order valence-corrected chi connectivity index (χ4v) is 4.77. The van der Waals surface area contributed by atoms with Crippen molar-refractivity contribution in [3.63, 3.8) is 0 Å². The highest BCUT2D eigenvalue weighted by atomic mass is 32.2. The van der Waals surface area contributed by atoms with E-state index in [4.69, 9.17) is 4.42 Å². The molecule has 0 fully saturated rings. The lowest BCUT2D eigenvalue weighted by atomic mass is 10.2. The van der Waals surface area contributed by atoms with Gasteiger partial charge in [-0.2, -0.15) is 0 Å². The van der Waals surface area contributed by atoms with Gasteiger partial charge in [-0.15, -0.1) is 21.5 Å². The summed E-state index contributed by atoms with van der Waals surface area (Å²) in [5, 5.41) is 10.3. The Morgan fingerprint density at radius 2 is 1.94 bits per heavy atom. The zero-order valence-corrected chi connectivity index (χ0v) is 18.2. The summed E-state index contributed by atoms with van der Waals surface area (Å²) in [6.45, 7) is 1.82. The maximum absolute atomic E-state index is 14.6. The summed E-state index contributed by atoms with van der Waals surface area (Å²) in [6.07, 6.45) is 0. The van der Waals surface area contributed by atoms with E-state index in [1.165, 1.54) is 29.2 Å². The predicted octanol–water partition coefficient (Wildman–Crippen LogP) is 5.63. The SMILES string of the molecule is CC(Sc1nc2ccccc2c(=O)n1-c1ccc(F)cc1F)c1nnc(-c2cccs2)o1. The average Bonchev–Trinajstić information content (AvgIpc) is 3.47. The number of halogens is 2. The summed E-state index contributed by atoms with van der Waals surface area (Å²) < 4.78 is 35.1. The summed E-state index contributed by atoms with van der Waals surface area (Å²) in [7, 11) is 0. The lowest BCUT2D eigenvalue weighted by Gasteiger charge is -2.15. The van der Waals surface area contributed by atoms with Gasteiger partial charge in [0.15, 0.2) is 5.16 Å². The molecule has 1 unspecified atom stereocenters. The maximum Gasteiger partial charge on any atom is 0.266 e. The Bertz CT molecular complexity index is 1480. The van der Waals surface area contributed by atoms with Crippen molar-refractivity contribution in [1.82, 2.24) is 19.7 Å². The molecule has 5 rings (SSSR count). The third-order valence-corrected chi connectivity index (χ3v) is 6.60. The minimum Gasteiger partial charge on any atom is -0.419 e. The zero-order valence-electron chi connectivity index (χ0n) is 16.5. The Balaban J connectivity index is 1.60. The highest BCUT2D eigenvalue weighted by molar-refractivity contribution is 7.99. The molecule has 6 nitrogen and oxygen atoms in total. The third-order valence-electron chi connectivity index (χ3n) is 4.70. The van der Waals surface area contributed by atoms with E-state index in [2.05, 4.69) is 15.2 Å². The molecular formula is C22H14F2N4O2S2. The van der Waals surface area contributed by atoms with Gasteiger partial charge in [-0.25, -0.2) is 13.8 Å². The van der Waals surface area contributed by atoms with Gasteiger partial charge in [0.05, 0.1) is 26.7 Å². The first-order chi connectivity index (χ1) is 15.5. The molecule has 0 saturated heterocycles. The predicted molar refractivity (Wildman–Crippen MR) is 119 cm³/mol. The smallest absolute Gasteiger partial charge is 0.266 e. The van der Waals surface area contributed by atoms with Gasteiger partial charge in [0.1, 0.15) is 11.6 Å². The second kappa shape index (κ2) is 8.29. The molecule has 32 heavy (non-hydrogen) atoms. The van der Waals surface area contributed by atoms with Gasteiger partial charge in [-0.05, 0) is 42.6 Å². The van der Waals surface area contributed by atoms with Crippen molar-refractivity contribution in [2.24, 2.45) is 0 Å². The Morgan fingerprint density at radius 1 is 1.09 bits per heavy atom. The largest absolute Gasteiger partial charge is 0.419 e. The number of hydrogen-bond acceptors (Lipinski definition) is 7. The van der Waals surface area contributed by atoms with Crippen molar-refractivity contribution in [3.8, 4) is 16.5 Å². The van der Waals surface area contributed by atoms with Gasteiger partial charge in [-0.3, -0.25) is 9.36 Å². The number of benzene rings is 2. The van der Waals surface area contributed by atoms with E-state index in [0.29, 0.717) is 22.7 Å². The van der Waals surface area contributed by atoms with E-state index >= 15 is 0 Å². The van der Waals surface area contributed by atoms with Crippen molar-refractivity contribution < 1.29 is 13.2 Å². The Morgan fingerprint density at radius 3 is 2.72 bits per heavy atom. The second-order valence-corrected chi connectivity index (χ2v) is 9.09. The lowest BCUT2D eigenvalue weighted by molar-refractivity contribution is 0.509. The van der Waals surface area contributed by atoms with Gasteiger partial charge in [0.2, 0.25) is 5.89 Å². The van der Waals surface area contributed by atoms with Crippen LogP contribution in [0.15, 0.2) is 74.3 Å². The number of fused-ring (bicyclic) bond motifs is 1. The summed E-state index contributed by atoms with van der Waals surface area (Å²) >= 11 is 2.65. The van der Waals surface area contributed by atoms with Crippen molar-refractivity contribution >= 4 is 34.0 Å². The first kappa shape index (κ1) is 20.5. The zero-order chi connectivity index (χ0) is 22.2. The van der Waals surface area contributed by atoms with Gasteiger partial charge < -0.3 is 4.42 Å². The van der Waals surface area contributed by atoms with Gasteiger partial charge in [0, 0.05) is 6.07 Å². The molecule has 0 bridgehead atoms. The van der Waals surface area contributed by atoms with Gasteiger partial charge in [0.25, 0.3) is 11.4 Å². The third kappa shape index (κ3) is 3.71. The van der Waals surface area contributed by atoms with Crippen LogP contribution < -0.4 is 5.56 Å². The Labute approximate surface area is 188 Å². The molecule has 0 N–H and O–H groups in total. The highest BCUT2D eigenvalue weighted by Gasteiger charge is 2.22. The Kier molecular flexibility index (Phi) is 5.32. The Hall–Kier alpha value is -3.37. The molecule has 0 aliphatic rings. The number of nitrogens with zero attached hydrogens (tertiary/aromatic N) is 4. The summed E-state index contributed by atoms with van der Waals surface area (Å²) in [5.41, 5.74) is -0.0782. The molecule has 0 saturated carbocycles. The van der Waals surface area contributed by atoms with Crippen LogP contribution in [0, 0.1) is 11.6 Å². The molecule has 160 valence electrons. The topological polar surface area (TPSA) is 73.8 Å². The normalized spacial score (nSPS) is 12.3. The fraction of sp³-hybridized carbons (Fsp3) is 0.0909. The van der Waals surface area contributed by atoms with Crippen molar-refractivity contribution in [2.45, 2.75) is 17.3 Å². The fourth-order valence-electron chi connectivity index (χ4n) is 3.17. The van der Waals surface area contributed by atoms with Crippen LogP contribution in [-0.4, -0.2) is 19.7 Å². The van der Waals surface area contributed by atoms with Crippen molar-refractivity contribution in [3.05, 3.63) is 87.9 Å². The summed E-state index contributed by atoms with van der Waals surface area (Å²) in [4.78, 5) is 18.7. The van der Waals surface area contributed by atoms with E-state index in [1.54, 1.807) is 24.3 Å². The van der Waals surface area contributed by atoms with Crippen LogP contribution in [-0.2, 0) is 0 Å². The van der Waals surface area contributed by atoms with E-state index in [1.807, 2.05) is 24.4 Å². The molecule has 0 aliphatic carbocycles. The van der Waals surface area contributed by atoms with E-state index in [9.17, 15) is 13.6 Å². The van der Waals surface area contributed by atoms with E-state index in [0.717, 1.165) is 21.6 Å². The molecule has 0 spiro atoms. The number of rotatable bonds is 5. The molecule has 2 aromatic carbocycles. The second-order valence-electron chi connectivity index (χ2n) is 6.83. The number of para-hydroxylation sites is 1. The van der Waals surface area contributed by atoms with E-state index < -0.39 is 17.2 Å². The molecule has 5 aromatic rings.